The SMILES string of the molecule is O=C(NCC(O)(c1ccccc1)C(F)(F)F)c1[nH]ncc1[N+](=O)[O-]. The van der Waals surface area contributed by atoms with E-state index in [-0.39, 0.29) is 0 Å². The van der Waals surface area contributed by atoms with Gasteiger partial charge in [-0.1, -0.05) is 30.3 Å². The quantitative estimate of drug-likeness (QED) is 0.560. The second-order valence-electron chi connectivity index (χ2n) is 4.79. The average molecular weight is 344 g/mol. The van der Waals surface area contributed by atoms with Crippen LogP contribution in [0, 0.1) is 10.1 Å². The van der Waals surface area contributed by atoms with Gasteiger partial charge in [-0.25, -0.2) is 0 Å². The molecule has 8 nitrogen and oxygen atoms in total. The van der Waals surface area contributed by atoms with Crippen molar-refractivity contribution in [2.45, 2.75) is 11.8 Å². The van der Waals surface area contributed by atoms with Crippen molar-refractivity contribution in [2.75, 3.05) is 6.54 Å². The zero-order valence-corrected chi connectivity index (χ0v) is 11.9. The van der Waals surface area contributed by atoms with E-state index in [1.165, 1.54) is 18.2 Å². The molecule has 0 saturated heterocycles. The number of nitrogens with one attached hydrogen (secondary N) is 2. The van der Waals surface area contributed by atoms with Gasteiger partial charge in [0.05, 0.1) is 11.5 Å². The Kier molecular flexibility index (Phi) is 4.55. The fourth-order valence-electron chi connectivity index (χ4n) is 1.96. The van der Waals surface area contributed by atoms with Gasteiger partial charge in [-0.2, -0.15) is 18.3 Å². The van der Waals surface area contributed by atoms with E-state index >= 15 is 0 Å². The van der Waals surface area contributed by atoms with E-state index < -0.39 is 46.1 Å². The minimum Gasteiger partial charge on any atom is -0.375 e. The van der Waals surface area contributed by atoms with Crippen molar-refractivity contribution in [1.29, 1.82) is 0 Å². The lowest BCUT2D eigenvalue weighted by atomic mass is 9.93. The Labute approximate surface area is 132 Å². The average Bonchev–Trinajstić information content (AvgIpc) is 3.02. The summed E-state index contributed by atoms with van der Waals surface area (Å²) < 4.78 is 39.8. The van der Waals surface area contributed by atoms with Crippen LogP contribution < -0.4 is 5.32 Å². The van der Waals surface area contributed by atoms with Crippen molar-refractivity contribution in [3.8, 4) is 0 Å². The summed E-state index contributed by atoms with van der Waals surface area (Å²) in [5.41, 5.74) is -5.13. The number of carbonyl (C=O) groups excluding carboxylic acids is 1. The van der Waals surface area contributed by atoms with Gasteiger partial charge < -0.3 is 10.4 Å². The van der Waals surface area contributed by atoms with Crippen LogP contribution in [-0.2, 0) is 5.60 Å². The lowest BCUT2D eigenvalue weighted by Crippen LogP contribution is -2.51. The van der Waals surface area contributed by atoms with Crippen LogP contribution >= 0.6 is 0 Å². The third-order valence-electron chi connectivity index (χ3n) is 3.27. The maximum absolute atomic E-state index is 13.3. The number of benzene rings is 1. The highest BCUT2D eigenvalue weighted by atomic mass is 19.4. The van der Waals surface area contributed by atoms with Crippen molar-refractivity contribution in [1.82, 2.24) is 15.5 Å². The Balaban J connectivity index is 2.25. The maximum Gasteiger partial charge on any atom is 0.423 e. The molecular formula is C13H11F3N4O4. The predicted octanol–water partition coefficient (Wildman–Crippen LogP) is 1.50. The Morgan fingerprint density at radius 3 is 2.50 bits per heavy atom. The van der Waals surface area contributed by atoms with Gasteiger partial charge in [0.1, 0.15) is 6.20 Å². The minimum atomic E-state index is -5.08. The second-order valence-corrected chi connectivity index (χ2v) is 4.79. The largest absolute Gasteiger partial charge is 0.423 e. The first kappa shape index (κ1) is 17.4. The molecule has 3 N–H and O–H groups in total. The number of aromatic nitrogens is 2. The van der Waals surface area contributed by atoms with Crippen LogP contribution in [0.1, 0.15) is 16.1 Å². The van der Waals surface area contributed by atoms with E-state index in [4.69, 9.17) is 0 Å². The first-order chi connectivity index (χ1) is 11.2. The molecule has 0 bridgehead atoms. The monoisotopic (exact) mass is 344 g/mol. The number of aromatic amines is 1. The smallest absolute Gasteiger partial charge is 0.375 e. The van der Waals surface area contributed by atoms with Crippen molar-refractivity contribution >= 4 is 11.6 Å². The molecule has 0 saturated carbocycles. The van der Waals surface area contributed by atoms with Crippen molar-refractivity contribution in [2.24, 2.45) is 0 Å². The van der Waals surface area contributed by atoms with Gasteiger partial charge in [-0.15, -0.1) is 0 Å². The van der Waals surface area contributed by atoms with E-state index in [2.05, 4.69) is 5.10 Å². The fourth-order valence-corrected chi connectivity index (χ4v) is 1.96. The molecule has 0 aliphatic heterocycles. The number of nitro groups is 1. The zero-order valence-electron chi connectivity index (χ0n) is 11.9. The van der Waals surface area contributed by atoms with Crippen molar-refractivity contribution in [3.63, 3.8) is 0 Å². The molecule has 1 aromatic carbocycles. The van der Waals surface area contributed by atoms with E-state index in [0.717, 1.165) is 18.3 Å². The van der Waals surface area contributed by atoms with E-state index in [9.17, 15) is 33.2 Å². The summed E-state index contributed by atoms with van der Waals surface area (Å²) in [6.07, 6.45) is -4.33. The van der Waals surface area contributed by atoms with Crippen LogP contribution in [0.15, 0.2) is 36.5 Å². The lowest BCUT2D eigenvalue weighted by molar-refractivity contribution is -0.385. The van der Waals surface area contributed by atoms with Gasteiger partial charge >= 0.3 is 11.9 Å². The summed E-state index contributed by atoms with van der Waals surface area (Å²) in [5, 5.41) is 27.9. The number of hydrogen-bond donors (Lipinski definition) is 3. The summed E-state index contributed by atoms with van der Waals surface area (Å²) in [5.74, 6) is -1.20. The van der Waals surface area contributed by atoms with Crippen LogP contribution in [0.5, 0.6) is 0 Å². The number of aliphatic hydroxyl groups is 1. The Morgan fingerprint density at radius 2 is 1.96 bits per heavy atom. The van der Waals surface area contributed by atoms with Gasteiger partial charge in [0.25, 0.3) is 5.91 Å². The number of alkyl halides is 3. The number of amides is 1. The van der Waals surface area contributed by atoms with Crippen LogP contribution in [0.2, 0.25) is 0 Å². The summed E-state index contributed by atoms with van der Waals surface area (Å²) in [7, 11) is 0. The van der Waals surface area contributed by atoms with Crippen LogP contribution in [0.25, 0.3) is 0 Å². The van der Waals surface area contributed by atoms with E-state index in [1.54, 1.807) is 0 Å². The molecule has 0 fully saturated rings. The molecule has 24 heavy (non-hydrogen) atoms. The predicted molar refractivity (Wildman–Crippen MR) is 74.0 cm³/mol. The normalized spacial score (nSPS) is 14.0. The Morgan fingerprint density at radius 1 is 1.33 bits per heavy atom. The molecule has 1 heterocycles. The number of carbonyl (C=O) groups is 1. The summed E-state index contributed by atoms with van der Waals surface area (Å²) >= 11 is 0. The molecule has 1 aromatic heterocycles. The molecule has 128 valence electrons. The number of hydrogen-bond acceptors (Lipinski definition) is 5. The minimum absolute atomic E-state index is 0.475. The summed E-state index contributed by atoms with van der Waals surface area (Å²) in [6.45, 7) is -1.23. The third kappa shape index (κ3) is 3.20. The molecule has 2 rings (SSSR count). The number of rotatable bonds is 5. The molecule has 0 radical (unpaired) electrons. The van der Waals surface area contributed by atoms with Crippen LogP contribution in [0.3, 0.4) is 0 Å². The molecule has 2 aromatic rings. The van der Waals surface area contributed by atoms with Crippen LogP contribution in [-0.4, -0.2) is 38.9 Å². The highest BCUT2D eigenvalue weighted by molar-refractivity contribution is 5.96. The first-order valence-electron chi connectivity index (χ1n) is 6.47. The van der Waals surface area contributed by atoms with E-state index in [0.29, 0.717) is 0 Å². The summed E-state index contributed by atoms with van der Waals surface area (Å²) in [4.78, 5) is 21.7. The maximum atomic E-state index is 13.3. The topological polar surface area (TPSA) is 121 Å². The summed E-state index contributed by atoms with van der Waals surface area (Å²) in [6, 6.07) is 6.17. The fraction of sp³-hybridized carbons (Fsp3) is 0.231. The Hall–Kier alpha value is -2.95. The molecule has 0 aliphatic rings. The molecular weight excluding hydrogens is 333 g/mol. The van der Waals surface area contributed by atoms with Crippen LogP contribution in [0.4, 0.5) is 18.9 Å². The van der Waals surface area contributed by atoms with Crippen molar-refractivity contribution in [3.05, 3.63) is 57.9 Å². The standard InChI is InChI=1S/C13H11F3N4O4/c14-13(15,16)12(22,8-4-2-1-3-5-8)7-17-11(21)10-9(20(23)24)6-18-19-10/h1-6,22H,7H2,(H,17,21)(H,18,19). The molecule has 0 spiro atoms. The molecule has 0 aliphatic carbocycles. The molecule has 1 unspecified atom stereocenters. The lowest BCUT2D eigenvalue weighted by Gasteiger charge is -2.31. The van der Waals surface area contributed by atoms with Gasteiger partial charge in [0.15, 0.2) is 0 Å². The molecule has 1 atom stereocenters. The second kappa shape index (κ2) is 6.28. The molecule has 1 amide bonds. The first-order valence-corrected chi connectivity index (χ1v) is 6.47. The zero-order chi connectivity index (χ0) is 18.0. The van der Waals surface area contributed by atoms with Gasteiger partial charge in [0, 0.05) is 0 Å². The van der Waals surface area contributed by atoms with E-state index in [1.807, 2.05) is 10.4 Å². The van der Waals surface area contributed by atoms with Crippen molar-refractivity contribution < 1.29 is 28.0 Å². The van der Waals surface area contributed by atoms with Gasteiger partial charge in [0.2, 0.25) is 11.3 Å². The Bertz CT molecular complexity index is 747. The van der Waals surface area contributed by atoms with Gasteiger partial charge in [-0.05, 0) is 5.56 Å². The highest BCUT2D eigenvalue weighted by Gasteiger charge is 2.55. The number of H-pyrrole nitrogens is 1. The highest BCUT2D eigenvalue weighted by Crippen LogP contribution is 2.38. The number of nitrogens with zero attached hydrogens (tertiary/aromatic N) is 2. The van der Waals surface area contributed by atoms with Gasteiger partial charge in [-0.3, -0.25) is 20.0 Å². The molecule has 11 heteroatoms. The number of halogens is 3. The third-order valence-corrected chi connectivity index (χ3v) is 3.27.